The van der Waals surface area contributed by atoms with Gasteiger partial charge in [-0.25, -0.2) is 0 Å². The molecule has 2 nitrogen and oxygen atoms in total. The van der Waals surface area contributed by atoms with Gasteiger partial charge in [0.1, 0.15) is 0 Å². The van der Waals surface area contributed by atoms with Crippen LogP contribution in [-0.2, 0) is 4.79 Å². The Hall–Kier alpha value is -1.09. The molecule has 0 unspecified atom stereocenters. The number of carbonyl (C=O) groups is 1. The van der Waals surface area contributed by atoms with E-state index in [0.29, 0.717) is 0 Å². The van der Waals surface area contributed by atoms with Gasteiger partial charge in [-0.1, -0.05) is 33.6 Å². The van der Waals surface area contributed by atoms with E-state index in [2.05, 4.69) is 15.9 Å². The van der Waals surface area contributed by atoms with Gasteiger partial charge in [-0.2, -0.15) is 0 Å². The highest BCUT2D eigenvalue weighted by atomic mass is 79.9. The summed E-state index contributed by atoms with van der Waals surface area (Å²) in [6, 6.07) is 5.91. The fraction of sp³-hybridized carbons (Fsp3) is 0.100. The van der Waals surface area contributed by atoms with Gasteiger partial charge < -0.3 is 5.73 Å². The van der Waals surface area contributed by atoms with Crippen LogP contribution in [-0.4, -0.2) is 5.91 Å². The third kappa shape index (κ3) is 3.03. The van der Waals surface area contributed by atoms with Crippen molar-refractivity contribution in [1.29, 1.82) is 0 Å². The molecule has 0 heterocycles. The van der Waals surface area contributed by atoms with Gasteiger partial charge in [0.15, 0.2) is 0 Å². The molecule has 0 saturated heterocycles. The molecule has 0 saturated carbocycles. The van der Waals surface area contributed by atoms with E-state index < -0.39 is 5.91 Å². The maximum Gasteiger partial charge on any atom is 0.241 e. The Bertz CT molecular complexity index is 358. The molecule has 1 rings (SSSR count). The number of carbonyl (C=O) groups excluding carboxylic acids is 1. The fourth-order valence-corrected chi connectivity index (χ4v) is 1.34. The van der Waals surface area contributed by atoms with Crippen LogP contribution in [0.2, 0.25) is 0 Å². The van der Waals surface area contributed by atoms with Gasteiger partial charge in [-0.3, -0.25) is 4.79 Å². The van der Waals surface area contributed by atoms with E-state index >= 15 is 0 Å². The van der Waals surface area contributed by atoms with Gasteiger partial charge in [-0.05, 0) is 24.6 Å². The molecule has 0 aliphatic heterocycles. The van der Waals surface area contributed by atoms with Crippen molar-refractivity contribution < 1.29 is 4.79 Å². The van der Waals surface area contributed by atoms with Gasteiger partial charge in [-0.15, -0.1) is 0 Å². The second-order valence-corrected chi connectivity index (χ2v) is 3.62. The van der Waals surface area contributed by atoms with E-state index in [9.17, 15) is 4.79 Å². The standard InChI is InChI=1S/C10H10BrNO/c1-7-2-4-9(11)8(6-7)3-5-10(12)13/h2-6H,1H3,(H2,12,13). The molecule has 68 valence electrons. The highest BCUT2D eigenvalue weighted by molar-refractivity contribution is 9.10. The molecule has 1 aromatic carbocycles. The summed E-state index contributed by atoms with van der Waals surface area (Å²) in [5, 5.41) is 0. The minimum atomic E-state index is -0.437. The molecule has 3 heteroatoms. The number of benzene rings is 1. The zero-order valence-corrected chi connectivity index (χ0v) is 8.84. The molecule has 0 radical (unpaired) electrons. The maximum atomic E-state index is 10.5. The zero-order chi connectivity index (χ0) is 9.84. The molecule has 2 N–H and O–H groups in total. The first-order valence-electron chi connectivity index (χ1n) is 3.83. The van der Waals surface area contributed by atoms with E-state index in [4.69, 9.17) is 5.73 Å². The van der Waals surface area contributed by atoms with Gasteiger partial charge in [0, 0.05) is 10.5 Å². The Balaban J connectivity index is 3.00. The number of primary amides is 1. The van der Waals surface area contributed by atoms with Crippen LogP contribution in [0.1, 0.15) is 11.1 Å². The Morgan fingerprint density at radius 2 is 2.23 bits per heavy atom. The number of halogens is 1. The van der Waals surface area contributed by atoms with Crippen molar-refractivity contribution in [3.05, 3.63) is 39.9 Å². The quantitative estimate of drug-likeness (QED) is 0.791. The van der Waals surface area contributed by atoms with Crippen molar-refractivity contribution >= 4 is 27.9 Å². The summed E-state index contributed by atoms with van der Waals surface area (Å²) in [6.45, 7) is 1.99. The maximum absolute atomic E-state index is 10.5. The number of nitrogens with two attached hydrogens (primary N) is 1. The van der Waals surface area contributed by atoms with Crippen LogP contribution >= 0.6 is 15.9 Å². The molecule has 0 aliphatic rings. The van der Waals surface area contributed by atoms with Crippen LogP contribution in [0.4, 0.5) is 0 Å². The average molecular weight is 240 g/mol. The second kappa shape index (κ2) is 4.23. The molecule has 1 amide bonds. The molecule has 0 fully saturated rings. The molecule has 1 aromatic rings. The lowest BCUT2D eigenvalue weighted by Gasteiger charge is -1.99. The number of hydrogen-bond donors (Lipinski definition) is 1. The van der Waals surface area contributed by atoms with E-state index in [1.807, 2.05) is 25.1 Å². The van der Waals surface area contributed by atoms with Crippen LogP contribution in [0.3, 0.4) is 0 Å². The van der Waals surface area contributed by atoms with Crippen molar-refractivity contribution in [2.75, 3.05) is 0 Å². The smallest absolute Gasteiger partial charge is 0.241 e. The monoisotopic (exact) mass is 239 g/mol. The van der Waals surface area contributed by atoms with Crippen LogP contribution in [0, 0.1) is 6.92 Å². The SMILES string of the molecule is Cc1ccc(Br)c(C=CC(N)=O)c1. The van der Waals surface area contributed by atoms with Crippen LogP contribution in [0.25, 0.3) is 6.08 Å². The largest absolute Gasteiger partial charge is 0.366 e. The van der Waals surface area contributed by atoms with Gasteiger partial charge in [0.2, 0.25) is 5.91 Å². The minimum absolute atomic E-state index is 0.437. The number of hydrogen-bond acceptors (Lipinski definition) is 1. The molecule has 0 atom stereocenters. The Labute approximate surface area is 85.6 Å². The Morgan fingerprint density at radius 3 is 2.85 bits per heavy atom. The number of amides is 1. The van der Waals surface area contributed by atoms with E-state index in [-0.39, 0.29) is 0 Å². The summed E-state index contributed by atoms with van der Waals surface area (Å²) >= 11 is 3.38. The summed E-state index contributed by atoms with van der Waals surface area (Å²) < 4.78 is 0.954. The molecule has 0 aromatic heterocycles. The zero-order valence-electron chi connectivity index (χ0n) is 7.25. The molecular formula is C10H10BrNO. The van der Waals surface area contributed by atoms with E-state index in [0.717, 1.165) is 15.6 Å². The van der Waals surface area contributed by atoms with Crippen molar-refractivity contribution in [3.8, 4) is 0 Å². The van der Waals surface area contributed by atoms with Gasteiger partial charge >= 0.3 is 0 Å². The van der Waals surface area contributed by atoms with Crippen LogP contribution < -0.4 is 5.73 Å². The second-order valence-electron chi connectivity index (χ2n) is 2.76. The lowest BCUT2D eigenvalue weighted by Crippen LogP contribution is -2.05. The predicted molar refractivity (Wildman–Crippen MR) is 57.1 cm³/mol. The number of rotatable bonds is 2. The highest BCUT2D eigenvalue weighted by Gasteiger charge is 1.95. The third-order valence-corrected chi connectivity index (χ3v) is 2.30. The van der Waals surface area contributed by atoms with Crippen LogP contribution in [0.5, 0.6) is 0 Å². The average Bonchev–Trinajstić information content (AvgIpc) is 2.06. The lowest BCUT2D eigenvalue weighted by atomic mass is 10.1. The summed E-state index contributed by atoms with van der Waals surface area (Å²) in [5.41, 5.74) is 7.09. The van der Waals surface area contributed by atoms with Crippen molar-refractivity contribution in [2.45, 2.75) is 6.92 Å². The Morgan fingerprint density at radius 1 is 1.54 bits per heavy atom. The van der Waals surface area contributed by atoms with Crippen molar-refractivity contribution in [3.63, 3.8) is 0 Å². The van der Waals surface area contributed by atoms with E-state index in [1.54, 1.807) is 6.08 Å². The van der Waals surface area contributed by atoms with E-state index in [1.165, 1.54) is 6.08 Å². The molecule has 0 aliphatic carbocycles. The molecule has 0 spiro atoms. The Kier molecular flexibility index (Phi) is 3.25. The first kappa shape index (κ1) is 9.99. The normalized spacial score (nSPS) is 10.6. The lowest BCUT2D eigenvalue weighted by molar-refractivity contribution is -0.113. The van der Waals surface area contributed by atoms with Gasteiger partial charge in [0.25, 0.3) is 0 Å². The fourth-order valence-electron chi connectivity index (χ4n) is 0.963. The summed E-state index contributed by atoms with van der Waals surface area (Å²) in [7, 11) is 0. The summed E-state index contributed by atoms with van der Waals surface area (Å²) in [5.74, 6) is -0.437. The van der Waals surface area contributed by atoms with Gasteiger partial charge in [0.05, 0.1) is 0 Å². The number of aryl methyl sites for hydroxylation is 1. The molecular weight excluding hydrogens is 230 g/mol. The molecule has 13 heavy (non-hydrogen) atoms. The van der Waals surface area contributed by atoms with Crippen molar-refractivity contribution in [2.24, 2.45) is 5.73 Å². The highest BCUT2D eigenvalue weighted by Crippen LogP contribution is 2.19. The summed E-state index contributed by atoms with van der Waals surface area (Å²) in [4.78, 5) is 10.5. The summed E-state index contributed by atoms with van der Waals surface area (Å²) in [6.07, 6.45) is 3.04. The molecule has 0 bridgehead atoms. The van der Waals surface area contributed by atoms with Crippen LogP contribution in [0.15, 0.2) is 28.7 Å². The third-order valence-electron chi connectivity index (χ3n) is 1.58. The minimum Gasteiger partial charge on any atom is -0.366 e. The van der Waals surface area contributed by atoms with Crippen molar-refractivity contribution in [1.82, 2.24) is 0 Å². The predicted octanol–water partition coefficient (Wildman–Crippen LogP) is 2.26. The first-order chi connectivity index (χ1) is 6.09. The first-order valence-corrected chi connectivity index (χ1v) is 4.62. The topological polar surface area (TPSA) is 43.1 Å².